The zero-order valence-electron chi connectivity index (χ0n) is 7.83. The smallest absolute Gasteiger partial charge is 0.0277 e. The molecular formula is C10H17N. The average molecular weight is 151 g/mol. The third-order valence-electron chi connectivity index (χ3n) is 1.43. The van der Waals surface area contributed by atoms with Gasteiger partial charge in [-0.2, -0.15) is 0 Å². The number of rotatable bonds is 3. The van der Waals surface area contributed by atoms with Gasteiger partial charge in [-0.15, -0.1) is 0 Å². The summed E-state index contributed by atoms with van der Waals surface area (Å²) in [4.78, 5) is 3.98. The minimum atomic E-state index is 0.551. The Hall–Kier alpha value is -0.850. The van der Waals surface area contributed by atoms with E-state index in [2.05, 4.69) is 24.9 Å². The number of hydrogen-bond donors (Lipinski definition) is 0. The Balaban J connectivity index is 4.32. The van der Waals surface area contributed by atoms with E-state index in [1.165, 1.54) is 5.57 Å². The van der Waals surface area contributed by atoms with Crippen LogP contribution in [0.1, 0.15) is 20.8 Å². The molecule has 0 aliphatic carbocycles. The lowest BCUT2D eigenvalue weighted by molar-refractivity contribution is 0.806. The third-order valence-corrected chi connectivity index (χ3v) is 1.43. The number of allylic oxidation sites excluding steroid dienone is 4. The van der Waals surface area contributed by atoms with E-state index in [1.54, 1.807) is 7.05 Å². The Morgan fingerprint density at radius 1 is 1.36 bits per heavy atom. The molecule has 0 saturated carbocycles. The van der Waals surface area contributed by atoms with Gasteiger partial charge in [0.05, 0.1) is 0 Å². The lowest BCUT2D eigenvalue weighted by atomic mass is 10.0. The van der Waals surface area contributed by atoms with Crippen LogP contribution in [0.4, 0.5) is 0 Å². The fourth-order valence-corrected chi connectivity index (χ4v) is 0.741. The van der Waals surface area contributed by atoms with Crippen LogP contribution in [0.15, 0.2) is 28.8 Å². The normalized spacial score (nSPS) is 14.1. The number of hydrogen-bond acceptors (Lipinski definition) is 1. The van der Waals surface area contributed by atoms with E-state index >= 15 is 0 Å². The molecule has 0 amide bonds. The van der Waals surface area contributed by atoms with Crippen molar-refractivity contribution >= 4 is 6.21 Å². The summed E-state index contributed by atoms with van der Waals surface area (Å²) in [5, 5.41) is 0. The van der Waals surface area contributed by atoms with Crippen molar-refractivity contribution in [2.45, 2.75) is 20.8 Å². The summed E-state index contributed by atoms with van der Waals surface area (Å²) in [6, 6.07) is 0. The van der Waals surface area contributed by atoms with Gasteiger partial charge < -0.3 is 0 Å². The van der Waals surface area contributed by atoms with Crippen LogP contribution >= 0.6 is 0 Å². The zero-order valence-corrected chi connectivity index (χ0v) is 7.83. The van der Waals surface area contributed by atoms with Crippen LogP contribution < -0.4 is 0 Å². The van der Waals surface area contributed by atoms with Gasteiger partial charge in [0.25, 0.3) is 0 Å². The highest BCUT2D eigenvalue weighted by Gasteiger charge is 1.96. The second kappa shape index (κ2) is 5.90. The van der Waals surface area contributed by atoms with Crippen molar-refractivity contribution in [2.24, 2.45) is 10.9 Å². The summed E-state index contributed by atoms with van der Waals surface area (Å²) >= 11 is 0. The van der Waals surface area contributed by atoms with Crippen LogP contribution in [0.2, 0.25) is 0 Å². The molecule has 62 valence electrons. The molecule has 0 radical (unpaired) electrons. The standard InChI is InChI=1S/C10H17N/c1-5-6-7-10(8-11-4)9(2)3/h5-9H,1-4H3/b6-5+,10-7+,11-8?. The van der Waals surface area contributed by atoms with Gasteiger partial charge in [-0.3, -0.25) is 4.99 Å². The topological polar surface area (TPSA) is 12.4 Å². The van der Waals surface area contributed by atoms with Gasteiger partial charge in [0, 0.05) is 13.3 Å². The van der Waals surface area contributed by atoms with Gasteiger partial charge in [0.15, 0.2) is 0 Å². The molecule has 0 aromatic heterocycles. The van der Waals surface area contributed by atoms with Crippen molar-refractivity contribution in [3.8, 4) is 0 Å². The van der Waals surface area contributed by atoms with Crippen LogP contribution in [0, 0.1) is 5.92 Å². The van der Waals surface area contributed by atoms with Crippen molar-refractivity contribution in [1.82, 2.24) is 0 Å². The molecule has 1 heteroatoms. The van der Waals surface area contributed by atoms with Crippen molar-refractivity contribution in [3.63, 3.8) is 0 Å². The summed E-state index contributed by atoms with van der Waals surface area (Å²) in [6.07, 6.45) is 8.06. The second-order valence-corrected chi connectivity index (χ2v) is 2.73. The number of nitrogens with zero attached hydrogens (tertiary/aromatic N) is 1. The summed E-state index contributed by atoms with van der Waals surface area (Å²) in [5.41, 5.74) is 1.27. The molecule has 0 rings (SSSR count). The highest BCUT2D eigenvalue weighted by molar-refractivity contribution is 5.79. The minimum Gasteiger partial charge on any atom is -0.296 e. The lowest BCUT2D eigenvalue weighted by Crippen LogP contribution is -1.94. The predicted molar refractivity (Wildman–Crippen MR) is 52.2 cm³/mol. The Bertz CT molecular complexity index is 173. The molecule has 0 unspecified atom stereocenters. The first-order chi connectivity index (χ1) is 5.22. The average Bonchev–Trinajstić information content (AvgIpc) is 1.97. The predicted octanol–water partition coefficient (Wildman–Crippen LogP) is 2.85. The minimum absolute atomic E-state index is 0.551. The van der Waals surface area contributed by atoms with Gasteiger partial charge in [-0.05, 0) is 18.4 Å². The summed E-state index contributed by atoms with van der Waals surface area (Å²) < 4.78 is 0. The molecule has 0 spiro atoms. The SMILES string of the molecule is C/C=C/C=C(\C=NC)C(C)C. The molecule has 0 N–H and O–H groups in total. The van der Waals surface area contributed by atoms with E-state index < -0.39 is 0 Å². The van der Waals surface area contributed by atoms with Crippen molar-refractivity contribution < 1.29 is 0 Å². The third kappa shape index (κ3) is 4.54. The van der Waals surface area contributed by atoms with E-state index in [9.17, 15) is 0 Å². The van der Waals surface area contributed by atoms with Crippen molar-refractivity contribution in [1.29, 1.82) is 0 Å². The van der Waals surface area contributed by atoms with E-state index in [4.69, 9.17) is 0 Å². The summed E-state index contributed by atoms with van der Waals surface area (Å²) in [6.45, 7) is 6.34. The quantitative estimate of drug-likeness (QED) is 0.434. The fraction of sp³-hybridized carbons (Fsp3) is 0.500. The lowest BCUT2D eigenvalue weighted by Gasteiger charge is -2.02. The molecule has 0 aliphatic heterocycles. The van der Waals surface area contributed by atoms with Crippen LogP contribution in [-0.4, -0.2) is 13.3 Å². The maximum atomic E-state index is 3.98. The van der Waals surface area contributed by atoms with Gasteiger partial charge in [-0.25, -0.2) is 0 Å². The van der Waals surface area contributed by atoms with Crippen LogP contribution in [0.3, 0.4) is 0 Å². The molecule has 0 bridgehead atoms. The number of aliphatic imine (C=N–C) groups is 1. The maximum absolute atomic E-state index is 3.98. The molecule has 0 fully saturated rings. The van der Waals surface area contributed by atoms with Gasteiger partial charge >= 0.3 is 0 Å². The second-order valence-electron chi connectivity index (χ2n) is 2.73. The zero-order chi connectivity index (χ0) is 8.69. The molecule has 0 aliphatic rings. The summed E-state index contributed by atoms with van der Waals surface area (Å²) in [7, 11) is 1.80. The van der Waals surface area contributed by atoms with Crippen LogP contribution in [0.25, 0.3) is 0 Å². The van der Waals surface area contributed by atoms with Crippen LogP contribution in [0.5, 0.6) is 0 Å². The highest BCUT2D eigenvalue weighted by Crippen LogP contribution is 2.06. The molecular weight excluding hydrogens is 134 g/mol. The largest absolute Gasteiger partial charge is 0.296 e. The highest BCUT2D eigenvalue weighted by atomic mass is 14.6. The first-order valence-electron chi connectivity index (χ1n) is 3.97. The van der Waals surface area contributed by atoms with Crippen LogP contribution in [-0.2, 0) is 0 Å². The van der Waals surface area contributed by atoms with Gasteiger partial charge in [0.2, 0.25) is 0 Å². The first kappa shape index (κ1) is 10.2. The van der Waals surface area contributed by atoms with E-state index in [1.807, 2.05) is 25.3 Å². The molecule has 0 heterocycles. The molecule has 0 saturated heterocycles. The van der Waals surface area contributed by atoms with Crippen molar-refractivity contribution in [3.05, 3.63) is 23.8 Å². The Labute approximate surface area is 69.5 Å². The molecule has 1 nitrogen and oxygen atoms in total. The van der Waals surface area contributed by atoms with Crippen molar-refractivity contribution in [2.75, 3.05) is 7.05 Å². The maximum Gasteiger partial charge on any atom is 0.0277 e. The van der Waals surface area contributed by atoms with Gasteiger partial charge in [0.1, 0.15) is 0 Å². The van der Waals surface area contributed by atoms with Gasteiger partial charge in [-0.1, -0.05) is 32.1 Å². The molecule has 0 aromatic carbocycles. The van der Waals surface area contributed by atoms with E-state index in [0.29, 0.717) is 5.92 Å². The fourth-order valence-electron chi connectivity index (χ4n) is 0.741. The Morgan fingerprint density at radius 2 is 2.00 bits per heavy atom. The van der Waals surface area contributed by atoms with E-state index in [-0.39, 0.29) is 0 Å². The first-order valence-corrected chi connectivity index (χ1v) is 3.97. The van der Waals surface area contributed by atoms with E-state index in [0.717, 1.165) is 0 Å². The Morgan fingerprint density at radius 3 is 2.36 bits per heavy atom. The Kier molecular flexibility index (Phi) is 5.44. The monoisotopic (exact) mass is 151 g/mol. The summed E-state index contributed by atoms with van der Waals surface area (Å²) in [5.74, 6) is 0.551. The molecule has 11 heavy (non-hydrogen) atoms. The molecule has 0 atom stereocenters. The molecule has 0 aromatic rings.